The van der Waals surface area contributed by atoms with Gasteiger partial charge >= 0.3 is 0 Å². The van der Waals surface area contributed by atoms with E-state index in [-0.39, 0.29) is 11.9 Å². The van der Waals surface area contributed by atoms with Crippen molar-refractivity contribution in [2.45, 2.75) is 25.0 Å². The van der Waals surface area contributed by atoms with Crippen LogP contribution in [0.5, 0.6) is 5.75 Å². The van der Waals surface area contributed by atoms with Gasteiger partial charge in [0.05, 0.1) is 24.4 Å². The van der Waals surface area contributed by atoms with Crippen molar-refractivity contribution in [3.63, 3.8) is 0 Å². The Morgan fingerprint density at radius 2 is 2.39 bits per heavy atom. The third-order valence-corrected chi connectivity index (χ3v) is 4.90. The first-order valence-corrected chi connectivity index (χ1v) is 8.51. The lowest BCUT2D eigenvalue weighted by atomic mass is 10.1. The number of ether oxygens (including phenoxy) is 1. The highest BCUT2D eigenvalue weighted by Crippen LogP contribution is 2.32. The Bertz CT molecular complexity index is 746. The van der Waals surface area contributed by atoms with Crippen LogP contribution in [-0.2, 0) is 11.2 Å². The monoisotopic (exact) mass is 331 g/mol. The van der Waals surface area contributed by atoms with Gasteiger partial charge in [-0.3, -0.25) is 4.79 Å². The van der Waals surface area contributed by atoms with E-state index in [1.165, 1.54) is 16.9 Å². The lowest BCUT2D eigenvalue weighted by Crippen LogP contribution is -2.35. The number of thiazole rings is 1. The van der Waals surface area contributed by atoms with Crippen molar-refractivity contribution >= 4 is 22.4 Å². The topological polar surface area (TPSA) is 83.5 Å². The number of amides is 1. The second kappa shape index (κ2) is 5.92. The van der Waals surface area contributed by atoms with Gasteiger partial charge in [-0.25, -0.2) is 4.98 Å². The summed E-state index contributed by atoms with van der Waals surface area (Å²) < 4.78 is 5.51. The lowest BCUT2D eigenvalue weighted by Gasteiger charge is -2.08. The minimum absolute atomic E-state index is 0.148. The molecule has 4 rings (SSSR count). The lowest BCUT2D eigenvalue weighted by molar-refractivity contribution is -0.117. The first-order chi connectivity index (χ1) is 11.2. The molecule has 0 radical (unpaired) electrons. The van der Waals surface area contributed by atoms with E-state index in [2.05, 4.69) is 21.7 Å². The number of hydrogen-bond donors (Lipinski definition) is 3. The number of anilines is 1. The maximum atomic E-state index is 12.1. The van der Waals surface area contributed by atoms with E-state index in [0.29, 0.717) is 18.1 Å². The molecule has 1 saturated heterocycles. The molecule has 0 bridgehead atoms. The van der Waals surface area contributed by atoms with E-state index in [0.717, 1.165) is 30.0 Å². The quantitative estimate of drug-likeness (QED) is 0.792. The Morgan fingerprint density at radius 1 is 1.48 bits per heavy atom. The van der Waals surface area contributed by atoms with Crippen LogP contribution in [0.25, 0.3) is 11.3 Å². The van der Waals surface area contributed by atoms with Crippen molar-refractivity contribution in [2.75, 3.05) is 18.5 Å². The fraction of sp³-hybridized carbons (Fsp3) is 0.375. The van der Waals surface area contributed by atoms with Gasteiger partial charge in [-0.2, -0.15) is 0 Å². The van der Waals surface area contributed by atoms with E-state index in [4.69, 9.17) is 4.74 Å². The molecule has 0 unspecified atom stereocenters. The molecule has 1 amide bonds. The summed E-state index contributed by atoms with van der Waals surface area (Å²) in [7, 11) is 0. The Hall–Kier alpha value is -1.96. The normalized spacial score (nSPS) is 22.7. The predicted molar refractivity (Wildman–Crippen MR) is 87.8 cm³/mol. The van der Waals surface area contributed by atoms with Crippen molar-refractivity contribution in [1.82, 2.24) is 10.3 Å². The zero-order chi connectivity index (χ0) is 15.8. The van der Waals surface area contributed by atoms with Crippen molar-refractivity contribution < 1.29 is 14.6 Å². The van der Waals surface area contributed by atoms with E-state index in [1.807, 2.05) is 17.5 Å². The van der Waals surface area contributed by atoms with Crippen LogP contribution < -0.4 is 15.4 Å². The molecule has 0 aliphatic carbocycles. The van der Waals surface area contributed by atoms with Crippen LogP contribution in [0, 0.1) is 0 Å². The molecule has 1 aromatic carbocycles. The molecule has 2 atom stereocenters. The Labute approximate surface area is 137 Å². The summed E-state index contributed by atoms with van der Waals surface area (Å²) in [6, 6.07) is 5.70. The second-order valence-corrected chi connectivity index (χ2v) is 6.66. The average Bonchev–Trinajstić information content (AvgIpc) is 3.26. The Morgan fingerprint density at radius 3 is 3.22 bits per heavy atom. The molecule has 3 N–H and O–H groups in total. The maximum absolute atomic E-state index is 12.1. The largest absolute Gasteiger partial charge is 0.493 e. The minimum Gasteiger partial charge on any atom is -0.493 e. The molecule has 2 aromatic rings. The molecule has 2 aliphatic rings. The number of hydrogen-bond acceptors (Lipinski definition) is 6. The number of carbonyl (C=O) groups excluding carboxylic acids is 1. The van der Waals surface area contributed by atoms with E-state index in [9.17, 15) is 9.90 Å². The van der Waals surface area contributed by atoms with Gasteiger partial charge < -0.3 is 20.5 Å². The van der Waals surface area contributed by atoms with Gasteiger partial charge in [0.15, 0.2) is 5.13 Å². The number of carbonyl (C=O) groups is 1. The summed E-state index contributed by atoms with van der Waals surface area (Å²) in [4.78, 5) is 16.6. The third-order valence-electron chi connectivity index (χ3n) is 4.14. The number of benzene rings is 1. The summed E-state index contributed by atoms with van der Waals surface area (Å²) in [5, 5.41) is 17.8. The molecule has 23 heavy (non-hydrogen) atoms. The summed E-state index contributed by atoms with van der Waals surface area (Å²) >= 11 is 1.40. The molecule has 3 heterocycles. The molecular formula is C16H17N3O3S. The third kappa shape index (κ3) is 2.95. The SMILES string of the molecule is O=C(Nc1nc(-c2ccc3c(c2)CCO3)cs1)[C@H]1C[C@@H](O)CN1. The van der Waals surface area contributed by atoms with E-state index < -0.39 is 6.10 Å². The average molecular weight is 331 g/mol. The van der Waals surface area contributed by atoms with Crippen LogP contribution in [-0.4, -0.2) is 41.3 Å². The van der Waals surface area contributed by atoms with Crippen molar-refractivity contribution in [3.8, 4) is 17.0 Å². The number of aliphatic hydroxyl groups is 1. The van der Waals surface area contributed by atoms with E-state index >= 15 is 0 Å². The fourth-order valence-corrected chi connectivity index (χ4v) is 3.64. The molecule has 0 saturated carbocycles. The van der Waals surface area contributed by atoms with Gasteiger partial charge in [0.2, 0.25) is 5.91 Å². The standard InChI is InChI=1S/C16H17N3O3S/c20-11-6-12(17-7-11)15(21)19-16-18-13(8-23-16)9-1-2-14-10(5-9)3-4-22-14/h1-2,5,8,11-12,17,20H,3-4,6-7H2,(H,18,19,21)/t11-,12-/m1/s1. The molecule has 7 heteroatoms. The van der Waals surface area contributed by atoms with E-state index in [1.54, 1.807) is 0 Å². The molecule has 6 nitrogen and oxygen atoms in total. The van der Waals surface area contributed by atoms with Gasteiger partial charge in [0.1, 0.15) is 5.75 Å². The van der Waals surface area contributed by atoms with Crippen LogP contribution >= 0.6 is 11.3 Å². The van der Waals surface area contributed by atoms with Gasteiger partial charge in [-0.15, -0.1) is 11.3 Å². The zero-order valence-corrected chi connectivity index (χ0v) is 13.2. The van der Waals surface area contributed by atoms with Crippen molar-refractivity contribution in [2.24, 2.45) is 0 Å². The molecule has 0 spiro atoms. The first-order valence-electron chi connectivity index (χ1n) is 7.63. The number of nitrogens with zero attached hydrogens (tertiary/aromatic N) is 1. The van der Waals surface area contributed by atoms with Gasteiger partial charge in [-0.05, 0) is 30.2 Å². The minimum atomic E-state index is -0.453. The van der Waals surface area contributed by atoms with Crippen LogP contribution in [0.2, 0.25) is 0 Å². The molecule has 1 aromatic heterocycles. The number of fused-ring (bicyclic) bond motifs is 1. The summed E-state index contributed by atoms with van der Waals surface area (Å²) in [5.41, 5.74) is 3.07. The summed E-state index contributed by atoms with van der Waals surface area (Å²) in [6.45, 7) is 1.19. The molecular weight excluding hydrogens is 314 g/mol. The number of rotatable bonds is 3. The highest BCUT2D eigenvalue weighted by Gasteiger charge is 2.28. The number of nitrogens with one attached hydrogen (secondary N) is 2. The Kier molecular flexibility index (Phi) is 3.76. The molecule has 120 valence electrons. The van der Waals surface area contributed by atoms with Crippen molar-refractivity contribution in [1.29, 1.82) is 0 Å². The van der Waals surface area contributed by atoms with Crippen LogP contribution in [0.3, 0.4) is 0 Å². The molecule has 1 fully saturated rings. The number of β-amino-alcohol motifs (C(OH)–C–C–N with tert-alkyl or cyclic N) is 1. The second-order valence-electron chi connectivity index (χ2n) is 5.80. The Balaban J connectivity index is 1.47. The van der Waals surface area contributed by atoms with Crippen LogP contribution in [0.1, 0.15) is 12.0 Å². The molecule has 2 aliphatic heterocycles. The zero-order valence-electron chi connectivity index (χ0n) is 12.4. The fourth-order valence-electron chi connectivity index (χ4n) is 2.92. The summed E-state index contributed by atoms with van der Waals surface area (Å²) in [5.74, 6) is 0.799. The van der Waals surface area contributed by atoms with Gasteiger partial charge in [0, 0.05) is 23.9 Å². The van der Waals surface area contributed by atoms with Crippen LogP contribution in [0.4, 0.5) is 5.13 Å². The van der Waals surface area contributed by atoms with Gasteiger partial charge in [-0.1, -0.05) is 0 Å². The van der Waals surface area contributed by atoms with Crippen molar-refractivity contribution in [3.05, 3.63) is 29.1 Å². The number of aliphatic hydroxyl groups excluding tert-OH is 1. The first kappa shape index (κ1) is 14.6. The maximum Gasteiger partial charge on any atom is 0.243 e. The number of aromatic nitrogens is 1. The van der Waals surface area contributed by atoms with Gasteiger partial charge in [0.25, 0.3) is 0 Å². The highest BCUT2D eigenvalue weighted by molar-refractivity contribution is 7.14. The summed E-state index contributed by atoms with van der Waals surface area (Å²) in [6.07, 6.45) is 0.910. The highest BCUT2D eigenvalue weighted by atomic mass is 32.1. The predicted octanol–water partition coefficient (Wildman–Crippen LogP) is 1.41. The smallest absolute Gasteiger partial charge is 0.243 e. The van der Waals surface area contributed by atoms with Crippen LogP contribution in [0.15, 0.2) is 23.6 Å².